The first kappa shape index (κ1) is 19.0. The normalized spacial score (nSPS) is 12.4. The second-order valence-corrected chi connectivity index (χ2v) is 7.35. The second-order valence-electron chi connectivity index (χ2n) is 7.35. The fourth-order valence-electron chi connectivity index (χ4n) is 3.43. The molecule has 0 spiro atoms. The lowest BCUT2D eigenvalue weighted by molar-refractivity contribution is 0.0942. The summed E-state index contributed by atoms with van der Waals surface area (Å²) in [6.45, 7) is 0.548. The smallest absolute Gasteiger partial charge is 0.251 e. The average molecular weight is 364 g/mol. The number of rotatable bonds is 6. The predicted octanol–water partition coefficient (Wildman–Crippen LogP) is 3.28. The van der Waals surface area contributed by atoms with E-state index in [-0.39, 0.29) is 11.9 Å². The molecule has 0 fully saturated rings. The first-order valence-corrected chi connectivity index (χ1v) is 9.14. The molecule has 2 aromatic carbocycles. The molecule has 142 valence electrons. The number of fused-ring (bicyclic) bond motifs is 1. The minimum absolute atomic E-state index is 0.0502. The number of carbonyl (C=O) groups is 1. The van der Waals surface area contributed by atoms with Crippen LogP contribution in [0.3, 0.4) is 0 Å². The predicted molar refractivity (Wildman–Crippen MR) is 112 cm³/mol. The quantitative estimate of drug-likeness (QED) is 0.730. The molecule has 5 nitrogen and oxygen atoms in total. The van der Waals surface area contributed by atoms with Crippen molar-refractivity contribution in [2.75, 3.05) is 39.6 Å². The highest BCUT2D eigenvalue weighted by atomic mass is 16.1. The zero-order valence-corrected chi connectivity index (χ0v) is 16.7. The Labute approximate surface area is 161 Å². The van der Waals surface area contributed by atoms with Crippen LogP contribution in [0.1, 0.15) is 22.0 Å². The van der Waals surface area contributed by atoms with Gasteiger partial charge >= 0.3 is 0 Å². The van der Waals surface area contributed by atoms with Crippen molar-refractivity contribution in [3.63, 3.8) is 0 Å². The highest BCUT2D eigenvalue weighted by molar-refractivity contribution is 5.95. The lowest BCUT2D eigenvalue weighted by Gasteiger charge is -2.24. The van der Waals surface area contributed by atoms with Crippen molar-refractivity contribution in [2.45, 2.75) is 6.04 Å². The number of aromatic nitrogens is 1. The number of nitrogens with zero attached hydrogens (tertiary/aromatic N) is 3. The van der Waals surface area contributed by atoms with Gasteiger partial charge in [0.15, 0.2) is 0 Å². The molecule has 0 radical (unpaired) electrons. The number of hydrogen-bond donors (Lipinski definition) is 1. The van der Waals surface area contributed by atoms with E-state index in [1.165, 1.54) is 16.5 Å². The molecule has 0 aliphatic carbocycles. The molecule has 0 aliphatic heterocycles. The van der Waals surface area contributed by atoms with Crippen LogP contribution in [0.5, 0.6) is 0 Å². The van der Waals surface area contributed by atoms with Gasteiger partial charge < -0.3 is 19.7 Å². The Balaban J connectivity index is 1.81. The van der Waals surface area contributed by atoms with Gasteiger partial charge in [-0.2, -0.15) is 0 Å². The van der Waals surface area contributed by atoms with Crippen LogP contribution in [0.25, 0.3) is 10.9 Å². The summed E-state index contributed by atoms with van der Waals surface area (Å²) in [5.41, 5.74) is 4.11. The van der Waals surface area contributed by atoms with Crippen molar-refractivity contribution in [2.24, 2.45) is 7.05 Å². The Bertz CT molecular complexity index is 942. The van der Waals surface area contributed by atoms with Crippen LogP contribution in [0.15, 0.2) is 54.7 Å². The third-order valence-corrected chi connectivity index (χ3v) is 4.99. The molecule has 3 aromatic rings. The molecule has 0 saturated carbocycles. The van der Waals surface area contributed by atoms with E-state index in [9.17, 15) is 4.79 Å². The Morgan fingerprint density at radius 2 is 1.81 bits per heavy atom. The van der Waals surface area contributed by atoms with E-state index in [0.29, 0.717) is 12.1 Å². The Hall–Kier alpha value is -2.79. The summed E-state index contributed by atoms with van der Waals surface area (Å²) in [5.74, 6) is -0.0502. The van der Waals surface area contributed by atoms with Crippen molar-refractivity contribution < 1.29 is 4.79 Å². The molecule has 5 heteroatoms. The minimum atomic E-state index is -0.0502. The van der Waals surface area contributed by atoms with Gasteiger partial charge in [-0.1, -0.05) is 24.3 Å². The van der Waals surface area contributed by atoms with Crippen molar-refractivity contribution in [1.82, 2.24) is 14.8 Å². The van der Waals surface area contributed by atoms with Crippen LogP contribution < -0.4 is 10.2 Å². The third-order valence-electron chi connectivity index (χ3n) is 4.99. The van der Waals surface area contributed by atoms with Crippen LogP contribution in [0, 0.1) is 0 Å². The highest BCUT2D eigenvalue weighted by Crippen LogP contribution is 2.28. The molecule has 1 aromatic heterocycles. The van der Waals surface area contributed by atoms with E-state index in [1.54, 1.807) is 0 Å². The molecule has 1 atom stereocenters. The number of carbonyl (C=O) groups excluding carboxylic acids is 1. The Morgan fingerprint density at radius 3 is 2.52 bits per heavy atom. The fraction of sp³-hybridized carbons (Fsp3) is 0.318. The van der Waals surface area contributed by atoms with Crippen LogP contribution in [0.2, 0.25) is 0 Å². The molecule has 3 rings (SSSR count). The zero-order chi connectivity index (χ0) is 19.6. The summed E-state index contributed by atoms with van der Waals surface area (Å²) in [5, 5.41) is 4.34. The summed E-state index contributed by atoms with van der Waals surface area (Å²) < 4.78 is 2.14. The summed E-state index contributed by atoms with van der Waals surface area (Å²) >= 11 is 0. The maximum atomic E-state index is 12.7. The number of likely N-dealkylation sites (N-methyl/N-ethyl adjacent to an activating group) is 1. The molecule has 0 unspecified atom stereocenters. The number of anilines is 1. The topological polar surface area (TPSA) is 40.5 Å². The maximum absolute atomic E-state index is 12.7. The molecule has 27 heavy (non-hydrogen) atoms. The number of para-hydroxylation sites is 1. The van der Waals surface area contributed by atoms with E-state index in [1.807, 2.05) is 57.4 Å². The van der Waals surface area contributed by atoms with Gasteiger partial charge in [-0.25, -0.2) is 0 Å². The van der Waals surface area contributed by atoms with E-state index in [4.69, 9.17) is 0 Å². The number of nitrogens with one attached hydrogen (secondary N) is 1. The van der Waals surface area contributed by atoms with Crippen LogP contribution in [-0.2, 0) is 7.05 Å². The van der Waals surface area contributed by atoms with Crippen molar-refractivity contribution >= 4 is 22.5 Å². The standard InChI is InChI=1S/C22H28N4O/c1-24(2)17-10-8-9-16(13-17)22(27)23-14-21(25(3)4)19-15-26(5)20-12-7-6-11-18(19)20/h6-13,15,21H,14H2,1-5H3,(H,23,27)/t21-/m1/s1. The van der Waals surface area contributed by atoms with Gasteiger partial charge in [-0.05, 0) is 43.9 Å². The van der Waals surface area contributed by atoms with Crippen LogP contribution in [-0.4, -0.2) is 50.1 Å². The number of aryl methyl sites for hydroxylation is 1. The SMILES string of the molecule is CN(C)c1cccc(C(=O)NC[C@H](c2cn(C)c3ccccc23)N(C)C)c1. The lowest BCUT2D eigenvalue weighted by atomic mass is 10.0. The number of benzene rings is 2. The van der Waals surface area contributed by atoms with Gasteiger partial charge in [-0.15, -0.1) is 0 Å². The van der Waals surface area contributed by atoms with E-state index in [2.05, 4.69) is 52.3 Å². The molecule has 0 saturated heterocycles. The van der Waals surface area contributed by atoms with Gasteiger partial charge in [-0.3, -0.25) is 4.79 Å². The van der Waals surface area contributed by atoms with Crippen molar-refractivity contribution in [3.8, 4) is 0 Å². The van der Waals surface area contributed by atoms with Crippen LogP contribution >= 0.6 is 0 Å². The second kappa shape index (κ2) is 7.84. The molecule has 0 bridgehead atoms. The molecule has 0 aliphatic rings. The lowest BCUT2D eigenvalue weighted by Crippen LogP contribution is -2.34. The van der Waals surface area contributed by atoms with Crippen molar-refractivity contribution in [3.05, 3.63) is 65.9 Å². The van der Waals surface area contributed by atoms with Crippen molar-refractivity contribution in [1.29, 1.82) is 0 Å². The van der Waals surface area contributed by atoms with E-state index in [0.717, 1.165) is 5.69 Å². The molecule has 1 heterocycles. The van der Waals surface area contributed by atoms with Crippen LogP contribution in [0.4, 0.5) is 5.69 Å². The third kappa shape index (κ3) is 3.98. The van der Waals surface area contributed by atoms with Gasteiger partial charge in [0, 0.05) is 56.0 Å². The fourth-order valence-corrected chi connectivity index (χ4v) is 3.43. The Morgan fingerprint density at radius 1 is 1.07 bits per heavy atom. The molecule has 1 amide bonds. The zero-order valence-electron chi connectivity index (χ0n) is 16.7. The molecular formula is C22H28N4O. The summed E-state index contributed by atoms with van der Waals surface area (Å²) in [4.78, 5) is 16.8. The van der Waals surface area contributed by atoms with E-state index < -0.39 is 0 Å². The average Bonchev–Trinajstić information content (AvgIpc) is 2.98. The monoisotopic (exact) mass is 364 g/mol. The Kier molecular flexibility index (Phi) is 5.51. The van der Waals surface area contributed by atoms with Gasteiger partial charge in [0.05, 0.1) is 6.04 Å². The minimum Gasteiger partial charge on any atom is -0.378 e. The highest BCUT2D eigenvalue weighted by Gasteiger charge is 2.20. The summed E-state index contributed by atoms with van der Waals surface area (Å²) in [7, 11) is 10.1. The largest absolute Gasteiger partial charge is 0.378 e. The first-order chi connectivity index (χ1) is 12.9. The maximum Gasteiger partial charge on any atom is 0.251 e. The first-order valence-electron chi connectivity index (χ1n) is 9.14. The number of hydrogen-bond acceptors (Lipinski definition) is 3. The van der Waals surface area contributed by atoms with Gasteiger partial charge in [0.25, 0.3) is 5.91 Å². The van der Waals surface area contributed by atoms with Gasteiger partial charge in [0.1, 0.15) is 0 Å². The summed E-state index contributed by atoms with van der Waals surface area (Å²) in [6, 6.07) is 16.1. The molecular weight excluding hydrogens is 336 g/mol. The number of amides is 1. The summed E-state index contributed by atoms with van der Waals surface area (Å²) in [6.07, 6.45) is 2.16. The van der Waals surface area contributed by atoms with E-state index >= 15 is 0 Å². The van der Waals surface area contributed by atoms with Gasteiger partial charge in [0.2, 0.25) is 0 Å². The molecule has 1 N–H and O–H groups in total.